The number of aromatic nitrogens is 2. The van der Waals surface area contributed by atoms with E-state index in [-0.39, 0.29) is 10.7 Å². The zero-order valence-electron chi connectivity index (χ0n) is 11.6. The second kappa shape index (κ2) is 5.43. The molecule has 1 aromatic heterocycles. The third kappa shape index (κ3) is 2.58. The van der Waals surface area contributed by atoms with Gasteiger partial charge in [-0.2, -0.15) is 0 Å². The molecule has 1 aliphatic rings. The monoisotopic (exact) mass is 282 g/mol. The predicted octanol–water partition coefficient (Wildman–Crippen LogP) is 1.86. The van der Waals surface area contributed by atoms with E-state index in [0.717, 1.165) is 12.8 Å². The quantitative estimate of drug-likeness (QED) is 0.609. The molecule has 0 aromatic carbocycles. The van der Waals surface area contributed by atoms with Crippen LogP contribution in [0.25, 0.3) is 0 Å². The van der Waals surface area contributed by atoms with Gasteiger partial charge in [-0.3, -0.25) is 4.79 Å². The van der Waals surface area contributed by atoms with E-state index in [0.29, 0.717) is 11.4 Å². The topological polar surface area (TPSA) is 49.3 Å². The second-order valence-electron chi connectivity index (χ2n) is 5.35. The zero-order valence-corrected chi connectivity index (χ0v) is 12.3. The van der Waals surface area contributed by atoms with Crippen LogP contribution in [0, 0.1) is 0 Å². The highest BCUT2D eigenvalue weighted by Crippen LogP contribution is 2.37. The molecule has 0 amide bonds. The van der Waals surface area contributed by atoms with Crippen molar-refractivity contribution in [1.82, 2.24) is 14.9 Å². The maximum Gasteiger partial charge on any atom is 0.156 e. The number of carbonyl (C=O) groups is 1. The summed E-state index contributed by atoms with van der Waals surface area (Å²) in [5.41, 5.74) is 0.534. The molecule has 1 aromatic rings. The van der Waals surface area contributed by atoms with Gasteiger partial charge >= 0.3 is 0 Å². The SMILES string of the molecule is CN(CC1(N(C)C)CCC1)c1ncnc(Cl)c1C=O. The molecule has 0 unspecified atom stereocenters. The first kappa shape index (κ1) is 14.2. The molecule has 2 rings (SSSR count). The lowest BCUT2D eigenvalue weighted by Gasteiger charge is -2.49. The lowest BCUT2D eigenvalue weighted by Crippen LogP contribution is -2.57. The molecule has 6 heteroatoms. The molecule has 0 N–H and O–H groups in total. The highest BCUT2D eigenvalue weighted by atomic mass is 35.5. The van der Waals surface area contributed by atoms with E-state index in [1.165, 1.54) is 25.6 Å². The third-order valence-electron chi connectivity index (χ3n) is 4.06. The summed E-state index contributed by atoms with van der Waals surface area (Å²) in [6.07, 6.45) is 5.69. The van der Waals surface area contributed by atoms with E-state index in [1.807, 2.05) is 11.9 Å². The first-order chi connectivity index (χ1) is 9.00. The van der Waals surface area contributed by atoms with E-state index in [9.17, 15) is 4.79 Å². The summed E-state index contributed by atoms with van der Waals surface area (Å²) in [4.78, 5) is 23.4. The van der Waals surface area contributed by atoms with Gasteiger partial charge in [-0.1, -0.05) is 11.6 Å². The van der Waals surface area contributed by atoms with Gasteiger partial charge in [-0.05, 0) is 33.4 Å². The number of carbonyl (C=O) groups excluding carboxylic acids is 1. The Morgan fingerprint density at radius 2 is 2.05 bits per heavy atom. The number of likely N-dealkylation sites (N-methyl/N-ethyl adjacent to an activating group) is 2. The van der Waals surface area contributed by atoms with Crippen LogP contribution < -0.4 is 4.90 Å². The van der Waals surface area contributed by atoms with E-state index >= 15 is 0 Å². The maximum atomic E-state index is 11.1. The highest BCUT2D eigenvalue weighted by Gasteiger charge is 2.40. The number of anilines is 1. The van der Waals surface area contributed by atoms with Crippen molar-refractivity contribution in [2.24, 2.45) is 0 Å². The first-order valence-corrected chi connectivity index (χ1v) is 6.72. The highest BCUT2D eigenvalue weighted by molar-refractivity contribution is 6.32. The molecule has 1 aliphatic carbocycles. The van der Waals surface area contributed by atoms with Crippen LogP contribution >= 0.6 is 11.6 Å². The van der Waals surface area contributed by atoms with Gasteiger partial charge in [0.1, 0.15) is 17.3 Å². The molecule has 1 fully saturated rings. The summed E-state index contributed by atoms with van der Waals surface area (Å²) in [5.74, 6) is 0.600. The molecule has 0 bridgehead atoms. The Bertz CT molecular complexity index is 474. The van der Waals surface area contributed by atoms with Gasteiger partial charge in [0.25, 0.3) is 0 Å². The minimum atomic E-state index is 0.173. The smallest absolute Gasteiger partial charge is 0.156 e. The molecule has 0 radical (unpaired) electrons. The number of aldehydes is 1. The van der Waals surface area contributed by atoms with Gasteiger partial charge in [0.15, 0.2) is 6.29 Å². The minimum absolute atomic E-state index is 0.173. The zero-order chi connectivity index (χ0) is 14.0. The van der Waals surface area contributed by atoms with Gasteiger partial charge in [0.05, 0.1) is 5.56 Å². The first-order valence-electron chi connectivity index (χ1n) is 6.34. The van der Waals surface area contributed by atoms with Gasteiger partial charge < -0.3 is 9.80 Å². The molecular formula is C13H19ClN4O. The predicted molar refractivity (Wildman–Crippen MR) is 76.0 cm³/mol. The Morgan fingerprint density at radius 1 is 1.37 bits per heavy atom. The number of hydrogen-bond acceptors (Lipinski definition) is 5. The summed E-state index contributed by atoms with van der Waals surface area (Å²) < 4.78 is 0. The number of nitrogens with zero attached hydrogens (tertiary/aromatic N) is 4. The molecule has 19 heavy (non-hydrogen) atoms. The average Bonchev–Trinajstić information content (AvgIpc) is 2.32. The van der Waals surface area contributed by atoms with Crippen molar-refractivity contribution in [3.05, 3.63) is 17.0 Å². The fourth-order valence-electron chi connectivity index (χ4n) is 2.62. The molecule has 0 saturated heterocycles. The summed E-state index contributed by atoms with van der Waals surface area (Å²) in [7, 11) is 6.14. The van der Waals surface area contributed by atoms with Crippen LogP contribution in [0.5, 0.6) is 0 Å². The molecule has 0 spiro atoms. The van der Waals surface area contributed by atoms with Gasteiger partial charge in [-0.15, -0.1) is 0 Å². The molecule has 0 aliphatic heterocycles. The maximum absolute atomic E-state index is 11.1. The summed E-state index contributed by atoms with van der Waals surface area (Å²) in [6, 6.07) is 0. The lowest BCUT2D eigenvalue weighted by molar-refractivity contribution is 0.0681. The van der Waals surface area contributed by atoms with Crippen molar-refractivity contribution in [1.29, 1.82) is 0 Å². The normalized spacial score (nSPS) is 17.1. The standard InChI is InChI=1S/C13H19ClN4O/c1-17(2)13(5-4-6-13)8-18(3)12-10(7-19)11(14)15-9-16-12/h7,9H,4-6,8H2,1-3H3. The summed E-state index contributed by atoms with van der Waals surface area (Å²) in [6.45, 7) is 0.828. The van der Waals surface area contributed by atoms with Crippen molar-refractivity contribution >= 4 is 23.7 Å². The van der Waals surface area contributed by atoms with E-state index in [4.69, 9.17) is 11.6 Å². The Hall–Kier alpha value is -1.20. The number of rotatable bonds is 5. The minimum Gasteiger partial charge on any atom is -0.357 e. The van der Waals surface area contributed by atoms with Crippen molar-refractivity contribution in [3.8, 4) is 0 Å². The van der Waals surface area contributed by atoms with Crippen LogP contribution in [0.1, 0.15) is 29.6 Å². The number of hydrogen-bond donors (Lipinski definition) is 0. The van der Waals surface area contributed by atoms with Gasteiger partial charge in [0.2, 0.25) is 0 Å². The fourth-order valence-corrected chi connectivity index (χ4v) is 2.79. The summed E-state index contributed by atoms with van der Waals surface area (Å²) >= 11 is 5.94. The molecule has 104 valence electrons. The summed E-state index contributed by atoms with van der Waals surface area (Å²) in [5, 5.41) is 0.208. The van der Waals surface area contributed by atoms with Crippen molar-refractivity contribution in [2.45, 2.75) is 24.8 Å². The lowest BCUT2D eigenvalue weighted by atomic mass is 9.75. The third-order valence-corrected chi connectivity index (χ3v) is 4.36. The molecule has 5 nitrogen and oxygen atoms in total. The molecule has 1 heterocycles. The van der Waals surface area contributed by atoms with Crippen LogP contribution in [0.2, 0.25) is 5.15 Å². The molecular weight excluding hydrogens is 264 g/mol. The Kier molecular flexibility index (Phi) is 4.06. The second-order valence-corrected chi connectivity index (χ2v) is 5.71. The average molecular weight is 283 g/mol. The van der Waals surface area contributed by atoms with Crippen LogP contribution in [0.4, 0.5) is 5.82 Å². The van der Waals surface area contributed by atoms with E-state index < -0.39 is 0 Å². The Balaban J connectivity index is 2.23. The van der Waals surface area contributed by atoms with Crippen molar-refractivity contribution in [3.63, 3.8) is 0 Å². The van der Waals surface area contributed by atoms with Crippen LogP contribution in [-0.2, 0) is 0 Å². The molecule has 1 saturated carbocycles. The van der Waals surface area contributed by atoms with Crippen LogP contribution in [0.3, 0.4) is 0 Å². The van der Waals surface area contributed by atoms with Gasteiger partial charge in [0, 0.05) is 19.1 Å². The van der Waals surface area contributed by atoms with Crippen LogP contribution in [-0.4, -0.2) is 54.4 Å². The van der Waals surface area contributed by atoms with Gasteiger partial charge in [-0.25, -0.2) is 9.97 Å². The number of halogens is 1. The largest absolute Gasteiger partial charge is 0.357 e. The fraction of sp³-hybridized carbons (Fsp3) is 0.615. The van der Waals surface area contributed by atoms with E-state index in [2.05, 4.69) is 29.0 Å². The molecule has 0 atom stereocenters. The van der Waals surface area contributed by atoms with Crippen molar-refractivity contribution < 1.29 is 4.79 Å². The Labute approximate surface area is 118 Å². The van der Waals surface area contributed by atoms with Crippen molar-refractivity contribution in [2.75, 3.05) is 32.6 Å². The van der Waals surface area contributed by atoms with E-state index in [1.54, 1.807) is 0 Å². The van der Waals surface area contributed by atoms with Crippen LogP contribution in [0.15, 0.2) is 6.33 Å². The Morgan fingerprint density at radius 3 is 2.53 bits per heavy atom.